The van der Waals surface area contributed by atoms with Crippen molar-refractivity contribution in [3.05, 3.63) is 71.6 Å². The summed E-state index contributed by atoms with van der Waals surface area (Å²) in [6, 6.07) is 2.85. The van der Waals surface area contributed by atoms with Crippen LogP contribution in [0.2, 0.25) is 0 Å². The summed E-state index contributed by atoms with van der Waals surface area (Å²) in [5.41, 5.74) is 1.90. The highest BCUT2D eigenvalue weighted by Crippen LogP contribution is 2.31. The van der Waals surface area contributed by atoms with Gasteiger partial charge >= 0.3 is 6.18 Å². The maximum Gasteiger partial charge on any atom is 0.416 e. The largest absolute Gasteiger partial charge is 0.495 e. The van der Waals surface area contributed by atoms with Crippen molar-refractivity contribution in [1.29, 1.82) is 0 Å². The van der Waals surface area contributed by atoms with E-state index in [9.17, 15) is 13.2 Å². The number of aromatic amines is 1. The van der Waals surface area contributed by atoms with Gasteiger partial charge in [0, 0.05) is 54.9 Å². The van der Waals surface area contributed by atoms with Gasteiger partial charge in [0.2, 0.25) is 5.95 Å². The predicted molar refractivity (Wildman–Crippen MR) is 104 cm³/mol. The summed E-state index contributed by atoms with van der Waals surface area (Å²) < 4.78 is 44.4. The Labute approximate surface area is 169 Å². The summed E-state index contributed by atoms with van der Waals surface area (Å²) >= 11 is 0. The second-order valence-corrected chi connectivity index (χ2v) is 6.56. The molecule has 0 fully saturated rings. The number of pyridine rings is 2. The fraction of sp³-hybridized carbons (Fsp3) is 0.200. The predicted octanol–water partition coefficient (Wildman–Crippen LogP) is 3.98. The maximum atomic E-state index is 13.1. The van der Waals surface area contributed by atoms with E-state index in [4.69, 9.17) is 4.74 Å². The molecule has 0 amide bonds. The van der Waals surface area contributed by atoms with Crippen LogP contribution in [0, 0.1) is 0 Å². The third kappa shape index (κ3) is 4.17. The lowest BCUT2D eigenvalue weighted by atomic mass is 10.1. The topological polar surface area (TPSA) is 88.6 Å². The number of rotatable bonds is 6. The van der Waals surface area contributed by atoms with Crippen molar-refractivity contribution in [3.8, 4) is 5.75 Å². The first-order valence-electron chi connectivity index (χ1n) is 8.99. The number of nitrogens with zero attached hydrogens (tertiary/aromatic N) is 4. The zero-order valence-corrected chi connectivity index (χ0v) is 15.9. The minimum atomic E-state index is -4.44. The molecule has 0 saturated heterocycles. The molecule has 0 unspecified atom stereocenters. The van der Waals surface area contributed by atoms with Crippen LogP contribution in [0.1, 0.15) is 22.3 Å². The highest BCUT2D eigenvalue weighted by Gasteiger charge is 2.33. The van der Waals surface area contributed by atoms with Crippen molar-refractivity contribution in [1.82, 2.24) is 24.9 Å². The number of halogens is 3. The van der Waals surface area contributed by atoms with Gasteiger partial charge in [-0.05, 0) is 23.3 Å². The number of hydrogen-bond donors (Lipinski definition) is 2. The van der Waals surface area contributed by atoms with Crippen molar-refractivity contribution in [3.63, 3.8) is 0 Å². The van der Waals surface area contributed by atoms with Gasteiger partial charge in [0.05, 0.1) is 18.9 Å². The molecular formula is C20H17F3N6O. The van der Waals surface area contributed by atoms with Gasteiger partial charge in [0.25, 0.3) is 0 Å². The zero-order valence-electron chi connectivity index (χ0n) is 15.9. The molecule has 4 rings (SSSR count). The molecule has 4 aromatic heterocycles. The van der Waals surface area contributed by atoms with Gasteiger partial charge in [-0.25, -0.2) is 15.0 Å². The number of methoxy groups -OCH3 is 1. The summed E-state index contributed by atoms with van der Waals surface area (Å²) in [7, 11) is 1.58. The van der Waals surface area contributed by atoms with Crippen molar-refractivity contribution < 1.29 is 17.9 Å². The first kappa shape index (κ1) is 19.6. The Bertz CT molecular complexity index is 1160. The maximum absolute atomic E-state index is 13.1. The van der Waals surface area contributed by atoms with E-state index in [0.29, 0.717) is 12.2 Å². The molecule has 10 heteroatoms. The van der Waals surface area contributed by atoms with Crippen molar-refractivity contribution in [2.24, 2.45) is 0 Å². The molecule has 30 heavy (non-hydrogen) atoms. The average molecular weight is 414 g/mol. The SMILES string of the molecule is COc1cnc2[nH]cc(Cc3cnc(NCc4cnccc4C(F)(F)F)nc3)c2c1. The molecule has 2 N–H and O–H groups in total. The van der Waals surface area contributed by atoms with Gasteiger partial charge < -0.3 is 15.0 Å². The Morgan fingerprint density at radius 1 is 1.07 bits per heavy atom. The van der Waals surface area contributed by atoms with E-state index in [2.05, 4.69) is 30.2 Å². The fourth-order valence-electron chi connectivity index (χ4n) is 3.07. The molecule has 0 aromatic carbocycles. The fourth-order valence-corrected chi connectivity index (χ4v) is 3.07. The number of hydrogen-bond acceptors (Lipinski definition) is 6. The monoisotopic (exact) mass is 414 g/mol. The minimum absolute atomic E-state index is 0.0258. The molecular weight excluding hydrogens is 397 g/mol. The van der Waals surface area contributed by atoms with Crippen LogP contribution in [-0.2, 0) is 19.1 Å². The molecule has 0 atom stereocenters. The van der Waals surface area contributed by atoms with E-state index in [1.807, 2.05) is 12.3 Å². The quantitative estimate of drug-likeness (QED) is 0.496. The third-order valence-corrected chi connectivity index (χ3v) is 4.57. The molecule has 0 aliphatic carbocycles. The average Bonchev–Trinajstić information content (AvgIpc) is 3.14. The van der Waals surface area contributed by atoms with Gasteiger partial charge in [0.15, 0.2) is 0 Å². The van der Waals surface area contributed by atoms with Crippen LogP contribution in [0.5, 0.6) is 5.75 Å². The van der Waals surface area contributed by atoms with E-state index in [0.717, 1.165) is 34.4 Å². The van der Waals surface area contributed by atoms with Gasteiger partial charge in [-0.1, -0.05) is 0 Å². The molecule has 4 heterocycles. The smallest absolute Gasteiger partial charge is 0.416 e. The van der Waals surface area contributed by atoms with Crippen LogP contribution in [0.3, 0.4) is 0 Å². The highest BCUT2D eigenvalue weighted by atomic mass is 19.4. The van der Waals surface area contributed by atoms with E-state index >= 15 is 0 Å². The van der Waals surface area contributed by atoms with E-state index in [1.165, 1.54) is 6.20 Å². The number of aromatic nitrogens is 5. The Balaban J connectivity index is 1.46. The van der Waals surface area contributed by atoms with E-state index in [-0.39, 0.29) is 18.1 Å². The Kier molecular flexibility index (Phi) is 5.21. The van der Waals surface area contributed by atoms with Crippen LogP contribution in [0.25, 0.3) is 11.0 Å². The molecule has 7 nitrogen and oxygen atoms in total. The summed E-state index contributed by atoms with van der Waals surface area (Å²) in [6.45, 7) is -0.0874. The van der Waals surface area contributed by atoms with Gasteiger partial charge in [-0.2, -0.15) is 13.2 Å². The normalized spacial score (nSPS) is 11.6. The lowest BCUT2D eigenvalue weighted by Gasteiger charge is -2.12. The Morgan fingerprint density at radius 3 is 2.60 bits per heavy atom. The summed E-state index contributed by atoms with van der Waals surface area (Å²) in [6.07, 6.45) is 5.20. The molecule has 4 aromatic rings. The Morgan fingerprint density at radius 2 is 1.87 bits per heavy atom. The number of ether oxygens (including phenoxy) is 1. The van der Waals surface area contributed by atoms with Crippen LogP contribution < -0.4 is 10.1 Å². The lowest BCUT2D eigenvalue weighted by Crippen LogP contribution is -2.13. The molecule has 154 valence electrons. The molecule has 0 aliphatic rings. The van der Waals surface area contributed by atoms with Crippen LogP contribution >= 0.6 is 0 Å². The number of anilines is 1. The lowest BCUT2D eigenvalue weighted by molar-refractivity contribution is -0.138. The van der Waals surface area contributed by atoms with E-state index < -0.39 is 11.7 Å². The minimum Gasteiger partial charge on any atom is -0.495 e. The molecule has 0 aliphatic heterocycles. The molecule has 0 saturated carbocycles. The number of H-pyrrole nitrogens is 1. The van der Waals surface area contributed by atoms with Gasteiger partial charge in [-0.15, -0.1) is 0 Å². The van der Waals surface area contributed by atoms with Gasteiger partial charge in [0.1, 0.15) is 11.4 Å². The molecule has 0 bridgehead atoms. The zero-order chi connectivity index (χ0) is 21.1. The third-order valence-electron chi connectivity index (χ3n) is 4.57. The molecule has 0 spiro atoms. The molecule has 0 radical (unpaired) electrons. The second kappa shape index (κ2) is 7.97. The van der Waals surface area contributed by atoms with Crippen molar-refractivity contribution in [2.75, 3.05) is 12.4 Å². The Hall–Kier alpha value is -3.69. The number of nitrogens with one attached hydrogen (secondary N) is 2. The van der Waals surface area contributed by atoms with Crippen LogP contribution in [0.15, 0.2) is 49.3 Å². The standard InChI is InChI=1S/C20H17F3N6O/c1-30-15-5-16-13(9-25-18(16)26-11-15)4-12-6-27-19(28-7-12)29-10-14-8-24-3-2-17(14)20(21,22)23/h2-3,5-9,11H,4,10H2,1H3,(H,25,26)(H,27,28,29). The first-order valence-corrected chi connectivity index (χ1v) is 8.99. The number of fused-ring (bicyclic) bond motifs is 1. The summed E-state index contributed by atoms with van der Waals surface area (Å²) in [5, 5.41) is 3.75. The first-order chi connectivity index (χ1) is 14.4. The number of alkyl halides is 3. The second-order valence-electron chi connectivity index (χ2n) is 6.56. The van der Waals surface area contributed by atoms with Crippen LogP contribution in [-0.4, -0.2) is 32.0 Å². The summed E-state index contributed by atoms with van der Waals surface area (Å²) in [5.74, 6) is 0.894. The summed E-state index contributed by atoms with van der Waals surface area (Å²) in [4.78, 5) is 19.6. The highest BCUT2D eigenvalue weighted by molar-refractivity contribution is 5.81. The van der Waals surface area contributed by atoms with Crippen LogP contribution in [0.4, 0.5) is 19.1 Å². The van der Waals surface area contributed by atoms with Crippen molar-refractivity contribution >= 4 is 17.0 Å². The van der Waals surface area contributed by atoms with E-state index in [1.54, 1.807) is 25.7 Å². The van der Waals surface area contributed by atoms with Gasteiger partial charge in [-0.3, -0.25) is 4.98 Å². The van der Waals surface area contributed by atoms with Crippen molar-refractivity contribution in [2.45, 2.75) is 19.1 Å².